The summed E-state index contributed by atoms with van der Waals surface area (Å²) in [6.45, 7) is 7.94. The highest BCUT2D eigenvalue weighted by Gasteiger charge is 2.19. The zero-order chi connectivity index (χ0) is 41.3. The SMILES string of the molecule is Cc1ccc(-c2c3nc(c(-c4ccc(C)cc4)c4ccc([nH]4)c(-c4ccc(OCCCCn5ccnc5)cc4)c4nc(c(-c5ccc(C)cc5)c5ccc2[nH]5)C=C4)C=C3)cc1. The average molecular weight is 795 g/mol. The molecule has 2 N–H and O–H groups in total. The van der Waals surface area contributed by atoms with Crippen LogP contribution in [0.5, 0.6) is 5.75 Å². The molecule has 0 spiro atoms. The number of unbranched alkanes of at least 4 members (excludes halogenated alkanes) is 1. The van der Waals surface area contributed by atoms with Crippen LogP contribution < -0.4 is 4.74 Å². The Hall–Kier alpha value is -7.51. The van der Waals surface area contributed by atoms with Crippen LogP contribution >= 0.6 is 0 Å². The van der Waals surface area contributed by atoms with Gasteiger partial charge in [-0.2, -0.15) is 0 Å². The number of imidazole rings is 1. The van der Waals surface area contributed by atoms with Crippen molar-refractivity contribution in [2.24, 2.45) is 0 Å². The molecule has 8 bridgehead atoms. The number of benzene rings is 4. The van der Waals surface area contributed by atoms with E-state index in [1.165, 1.54) is 16.7 Å². The molecule has 2 aliphatic heterocycles. The molecule has 0 fully saturated rings. The first-order chi connectivity index (χ1) is 29.9. The number of hydrogen-bond donors (Lipinski definition) is 2. The van der Waals surface area contributed by atoms with E-state index in [4.69, 9.17) is 14.7 Å². The highest BCUT2D eigenvalue weighted by Crippen LogP contribution is 2.39. The second-order valence-electron chi connectivity index (χ2n) is 16.0. The minimum absolute atomic E-state index is 0.649. The van der Waals surface area contributed by atoms with Crippen molar-refractivity contribution in [3.8, 4) is 50.3 Å². The molecule has 6 heterocycles. The maximum absolute atomic E-state index is 6.22. The first-order valence-electron chi connectivity index (χ1n) is 21.0. The van der Waals surface area contributed by atoms with Crippen LogP contribution in [0.4, 0.5) is 0 Å². The van der Waals surface area contributed by atoms with Crippen molar-refractivity contribution in [1.82, 2.24) is 29.5 Å². The van der Waals surface area contributed by atoms with E-state index in [2.05, 4.69) is 186 Å². The van der Waals surface area contributed by atoms with Crippen LogP contribution in [-0.2, 0) is 6.54 Å². The molecular formula is C54H46N6O. The topological polar surface area (TPSA) is 84.4 Å². The summed E-state index contributed by atoms with van der Waals surface area (Å²) in [6, 6.07) is 43.2. The van der Waals surface area contributed by atoms with Crippen molar-refractivity contribution in [1.29, 1.82) is 0 Å². The molecule has 0 amide bonds. The Bertz CT molecular complexity index is 3050. The maximum atomic E-state index is 6.22. The van der Waals surface area contributed by atoms with Crippen LogP contribution in [-0.4, -0.2) is 36.1 Å². The Balaban J connectivity index is 1.20. The third kappa shape index (κ3) is 7.74. The van der Waals surface area contributed by atoms with Crippen molar-refractivity contribution < 1.29 is 4.74 Å². The zero-order valence-electron chi connectivity index (χ0n) is 34.6. The van der Waals surface area contributed by atoms with Gasteiger partial charge in [0.05, 0.1) is 35.7 Å². The highest BCUT2D eigenvalue weighted by molar-refractivity contribution is 5.99. The number of nitrogens with zero attached hydrogens (tertiary/aromatic N) is 4. The van der Waals surface area contributed by atoms with E-state index in [9.17, 15) is 0 Å². The molecular weight excluding hydrogens is 749 g/mol. The summed E-state index contributed by atoms with van der Waals surface area (Å²) in [5.41, 5.74) is 19.5. The smallest absolute Gasteiger partial charge is 0.119 e. The molecule has 8 aromatic rings. The monoisotopic (exact) mass is 794 g/mol. The van der Waals surface area contributed by atoms with Gasteiger partial charge in [0.2, 0.25) is 0 Å². The van der Waals surface area contributed by atoms with Crippen LogP contribution in [0.15, 0.2) is 140 Å². The van der Waals surface area contributed by atoms with E-state index in [0.29, 0.717) is 6.61 Å². The summed E-state index contributed by atoms with van der Waals surface area (Å²) < 4.78 is 8.32. The number of aryl methyl sites for hydroxylation is 4. The lowest BCUT2D eigenvalue weighted by molar-refractivity contribution is 0.303. The summed E-state index contributed by atoms with van der Waals surface area (Å²) in [5.74, 6) is 0.843. The molecule has 4 aromatic carbocycles. The lowest BCUT2D eigenvalue weighted by Crippen LogP contribution is -2.01. The molecule has 4 aromatic heterocycles. The number of hydrogen-bond acceptors (Lipinski definition) is 4. The maximum Gasteiger partial charge on any atom is 0.119 e. The van der Waals surface area contributed by atoms with Gasteiger partial charge < -0.3 is 19.3 Å². The summed E-state index contributed by atoms with van der Waals surface area (Å²) >= 11 is 0. The molecule has 0 atom stereocenters. The zero-order valence-corrected chi connectivity index (χ0v) is 34.6. The second-order valence-corrected chi connectivity index (χ2v) is 16.0. The Labute approximate surface area is 355 Å². The third-order valence-corrected chi connectivity index (χ3v) is 11.6. The molecule has 0 unspecified atom stereocenters. The van der Waals surface area contributed by atoms with Gasteiger partial charge in [0, 0.05) is 63.3 Å². The van der Waals surface area contributed by atoms with E-state index in [0.717, 1.165) is 114 Å². The number of H-pyrrole nitrogens is 2. The van der Waals surface area contributed by atoms with Crippen LogP contribution in [0.3, 0.4) is 0 Å². The third-order valence-electron chi connectivity index (χ3n) is 11.6. The fraction of sp³-hybridized carbons (Fsp3) is 0.130. The fourth-order valence-electron chi connectivity index (χ4n) is 8.30. The molecule has 298 valence electrons. The Morgan fingerprint density at radius 3 is 1.20 bits per heavy atom. The van der Waals surface area contributed by atoms with E-state index < -0.39 is 0 Å². The van der Waals surface area contributed by atoms with Crippen molar-refractivity contribution in [2.75, 3.05) is 6.61 Å². The van der Waals surface area contributed by atoms with Crippen LogP contribution in [0.2, 0.25) is 0 Å². The van der Waals surface area contributed by atoms with Gasteiger partial charge in [-0.3, -0.25) is 0 Å². The first kappa shape index (κ1) is 37.7. The minimum Gasteiger partial charge on any atom is -0.494 e. The molecule has 61 heavy (non-hydrogen) atoms. The lowest BCUT2D eigenvalue weighted by Gasteiger charge is -2.09. The summed E-state index contributed by atoms with van der Waals surface area (Å²) in [5, 5.41) is 0. The standard InChI is InChI=1S/C54H46N6O/c1-35-6-12-38(13-7-35)51-43-22-24-45(56-43)52(39-14-8-36(2)9-15-39)47-26-28-49(58-47)54(41-18-20-42(21-19-41)61-33-5-4-31-60-32-30-55-34-60)50-29-27-48(59-50)53(46-25-23-44(51)57-46)40-16-10-37(3)11-17-40/h6-30,32,34,56,59H,4-5,31,33H2,1-3H3. The molecule has 10 rings (SSSR count). The van der Waals surface area contributed by atoms with Crippen molar-refractivity contribution in [3.63, 3.8) is 0 Å². The van der Waals surface area contributed by atoms with Gasteiger partial charge in [-0.05, 0) is 117 Å². The number of nitrogens with one attached hydrogen (secondary N) is 2. The quantitative estimate of drug-likeness (QED) is 0.135. The largest absolute Gasteiger partial charge is 0.494 e. The van der Waals surface area contributed by atoms with Gasteiger partial charge in [-0.15, -0.1) is 0 Å². The number of aromatic nitrogens is 6. The highest BCUT2D eigenvalue weighted by atomic mass is 16.5. The van der Waals surface area contributed by atoms with Crippen LogP contribution in [0.1, 0.15) is 52.3 Å². The van der Waals surface area contributed by atoms with Gasteiger partial charge in [0.15, 0.2) is 0 Å². The fourth-order valence-corrected chi connectivity index (χ4v) is 8.30. The average Bonchev–Trinajstić information content (AvgIpc) is 4.14. The summed E-state index contributed by atoms with van der Waals surface area (Å²) in [7, 11) is 0. The Kier molecular flexibility index (Phi) is 10.1. The molecule has 7 heteroatoms. The molecule has 0 saturated carbocycles. The number of rotatable bonds is 10. The second kappa shape index (κ2) is 16.3. The molecule has 2 aliphatic rings. The molecule has 0 radical (unpaired) electrons. The van der Waals surface area contributed by atoms with Gasteiger partial charge in [-0.25, -0.2) is 15.0 Å². The van der Waals surface area contributed by atoms with E-state index in [1.54, 1.807) is 0 Å². The van der Waals surface area contributed by atoms with Gasteiger partial charge >= 0.3 is 0 Å². The number of ether oxygens (including phenoxy) is 1. The Morgan fingerprint density at radius 1 is 0.459 bits per heavy atom. The van der Waals surface area contributed by atoms with E-state index in [-0.39, 0.29) is 0 Å². The summed E-state index contributed by atoms with van der Waals surface area (Å²) in [6.07, 6.45) is 16.2. The van der Waals surface area contributed by atoms with E-state index >= 15 is 0 Å². The van der Waals surface area contributed by atoms with Crippen LogP contribution in [0, 0.1) is 20.8 Å². The predicted molar refractivity (Wildman–Crippen MR) is 252 cm³/mol. The summed E-state index contributed by atoms with van der Waals surface area (Å²) in [4.78, 5) is 22.8. The van der Waals surface area contributed by atoms with Gasteiger partial charge in [0.1, 0.15) is 5.75 Å². The Morgan fingerprint density at radius 2 is 0.836 bits per heavy atom. The lowest BCUT2D eigenvalue weighted by atomic mass is 10.0. The molecule has 0 saturated heterocycles. The molecule has 7 nitrogen and oxygen atoms in total. The first-order valence-corrected chi connectivity index (χ1v) is 21.0. The normalized spacial score (nSPS) is 12.0. The van der Waals surface area contributed by atoms with Crippen molar-refractivity contribution in [2.45, 2.75) is 40.2 Å². The number of fused-ring (bicyclic) bond motifs is 8. The van der Waals surface area contributed by atoms with Gasteiger partial charge in [-0.1, -0.05) is 102 Å². The van der Waals surface area contributed by atoms with Gasteiger partial charge in [0.25, 0.3) is 0 Å². The predicted octanol–water partition coefficient (Wildman–Crippen LogP) is 13.3. The molecule has 0 aliphatic carbocycles. The van der Waals surface area contributed by atoms with E-state index in [1.807, 2.05) is 18.7 Å². The minimum atomic E-state index is 0.649. The van der Waals surface area contributed by atoms with Crippen LogP contribution in [0.25, 0.3) is 90.9 Å². The van der Waals surface area contributed by atoms with Crippen molar-refractivity contribution in [3.05, 3.63) is 180 Å². The number of aromatic amines is 2. The van der Waals surface area contributed by atoms with Crippen molar-refractivity contribution >= 4 is 46.4 Å².